The van der Waals surface area contributed by atoms with Gasteiger partial charge in [-0.3, -0.25) is 4.72 Å². The van der Waals surface area contributed by atoms with Crippen LogP contribution in [0.5, 0.6) is 0 Å². The van der Waals surface area contributed by atoms with Crippen LogP contribution in [0.15, 0.2) is 47.5 Å². The highest BCUT2D eigenvalue weighted by atomic mass is 35.5. The number of nitrogens with one attached hydrogen (secondary N) is 1. The number of aliphatic hydroxyl groups excluding tert-OH is 1. The van der Waals surface area contributed by atoms with E-state index in [1.54, 1.807) is 22.8 Å². The van der Waals surface area contributed by atoms with Gasteiger partial charge >= 0.3 is 0 Å². The Balaban J connectivity index is 1.07. The number of hydrogen-bond donors (Lipinski definition) is 2. The van der Waals surface area contributed by atoms with E-state index in [1.807, 2.05) is 6.07 Å². The first-order valence-corrected chi connectivity index (χ1v) is 14.5. The lowest BCUT2D eigenvalue weighted by Crippen LogP contribution is -2.31. The summed E-state index contributed by atoms with van der Waals surface area (Å²) in [5.74, 6) is 0.220. The minimum Gasteiger partial charge on any atom is -0.390 e. The largest absolute Gasteiger partial charge is 0.390 e. The molecule has 2 heterocycles. The number of aromatic nitrogens is 3. The number of ether oxygens (including phenoxy) is 3. The summed E-state index contributed by atoms with van der Waals surface area (Å²) in [5.41, 5.74) is 4.17. The molecule has 1 aromatic heterocycles. The molecule has 0 saturated carbocycles. The predicted molar refractivity (Wildman–Crippen MR) is 153 cm³/mol. The van der Waals surface area contributed by atoms with E-state index in [9.17, 15) is 0 Å². The molecule has 0 bridgehead atoms. The van der Waals surface area contributed by atoms with E-state index in [4.69, 9.17) is 42.5 Å². The van der Waals surface area contributed by atoms with Gasteiger partial charge in [0.25, 0.3) is 0 Å². The van der Waals surface area contributed by atoms with E-state index < -0.39 is 0 Å². The summed E-state index contributed by atoms with van der Waals surface area (Å²) in [6.45, 7) is 6.11. The Morgan fingerprint density at radius 1 is 1.05 bits per heavy atom. The van der Waals surface area contributed by atoms with Gasteiger partial charge in [-0.25, -0.2) is 4.68 Å². The van der Waals surface area contributed by atoms with Crippen LogP contribution >= 0.6 is 35.1 Å². The number of nitrogens with zero attached hydrogens (tertiary/aromatic N) is 4. The van der Waals surface area contributed by atoms with Crippen molar-refractivity contribution in [3.05, 3.63) is 75.0 Å². The number of benzene rings is 2. The van der Waals surface area contributed by atoms with Gasteiger partial charge in [0.1, 0.15) is 5.69 Å². The van der Waals surface area contributed by atoms with Crippen LogP contribution in [0.4, 0.5) is 0 Å². The highest BCUT2D eigenvalue weighted by Crippen LogP contribution is 2.39. The molecule has 212 valence electrons. The van der Waals surface area contributed by atoms with Gasteiger partial charge in [0.05, 0.1) is 59.0 Å². The van der Waals surface area contributed by atoms with Crippen LogP contribution in [-0.4, -0.2) is 84.8 Å². The first kappa shape index (κ1) is 30.2. The first-order valence-electron chi connectivity index (χ1n) is 12.9. The first-order chi connectivity index (χ1) is 19.0. The smallest absolute Gasteiger partial charge is 0.108 e. The van der Waals surface area contributed by atoms with Gasteiger partial charge in [-0.1, -0.05) is 40.5 Å². The Hall–Kier alpha value is -1.73. The SMILES string of the molecule is CN1Cc2c(Cl)cc(Cl)cc2C(c2cccc(SNCCOCCOCCOCCn3cc(CO)nn3)c2)C1. The lowest BCUT2D eigenvalue weighted by molar-refractivity contribution is 0.0138. The van der Waals surface area contributed by atoms with Crippen molar-refractivity contribution in [3.8, 4) is 0 Å². The summed E-state index contributed by atoms with van der Waals surface area (Å²) in [6, 6.07) is 12.5. The van der Waals surface area contributed by atoms with Gasteiger partial charge in [-0.2, -0.15) is 0 Å². The van der Waals surface area contributed by atoms with E-state index in [0.29, 0.717) is 56.9 Å². The maximum Gasteiger partial charge on any atom is 0.108 e. The second-order valence-electron chi connectivity index (χ2n) is 9.24. The Morgan fingerprint density at radius 2 is 1.82 bits per heavy atom. The fraction of sp³-hybridized carbons (Fsp3) is 0.481. The summed E-state index contributed by atoms with van der Waals surface area (Å²) in [4.78, 5) is 3.45. The van der Waals surface area contributed by atoms with Gasteiger partial charge in [-0.15, -0.1) is 5.10 Å². The second-order valence-corrected chi connectivity index (χ2v) is 11.0. The lowest BCUT2D eigenvalue weighted by atomic mass is 9.85. The van der Waals surface area contributed by atoms with Crippen LogP contribution in [0, 0.1) is 0 Å². The van der Waals surface area contributed by atoms with Crippen molar-refractivity contribution in [1.29, 1.82) is 0 Å². The van der Waals surface area contributed by atoms with E-state index in [-0.39, 0.29) is 12.5 Å². The van der Waals surface area contributed by atoms with Crippen molar-refractivity contribution in [2.75, 3.05) is 59.8 Å². The third-order valence-corrected chi connectivity index (χ3v) is 7.64. The maximum atomic E-state index is 8.98. The van der Waals surface area contributed by atoms with Crippen molar-refractivity contribution >= 4 is 35.1 Å². The third-order valence-electron chi connectivity index (χ3n) is 6.25. The van der Waals surface area contributed by atoms with Crippen molar-refractivity contribution in [2.24, 2.45) is 0 Å². The van der Waals surface area contributed by atoms with Crippen LogP contribution < -0.4 is 4.72 Å². The molecular weight excluding hydrogens is 561 g/mol. The number of hydrogen-bond acceptors (Lipinski definition) is 9. The van der Waals surface area contributed by atoms with Crippen LogP contribution in [0.25, 0.3) is 0 Å². The van der Waals surface area contributed by atoms with Gasteiger partial charge in [-0.05, 0) is 60.0 Å². The van der Waals surface area contributed by atoms with Crippen molar-refractivity contribution in [2.45, 2.75) is 30.5 Å². The Morgan fingerprint density at radius 3 is 2.59 bits per heavy atom. The van der Waals surface area contributed by atoms with Crippen LogP contribution in [0.3, 0.4) is 0 Å². The molecule has 1 aliphatic rings. The summed E-state index contributed by atoms with van der Waals surface area (Å²) in [6.07, 6.45) is 1.70. The molecule has 39 heavy (non-hydrogen) atoms. The Labute approximate surface area is 243 Å². The molecule has 0 spiro atoms. The predicted octanol–water partition coefficient (Wildman–Crippen LogP) is 4.00. The molecule has 0 amide bonds. The number of rotatable bonds is 16. The molecule has 0 fully saturated rings. The standard InChI is InChI=1S/C27H35Cl2N5O4S/c1-33-17-25(24-14-21(28)15-27(29)26(24)18-33)20-3-2-4-23(13-20)39-30-5-7-36-9-11-38-12-10-37-8-6-34-16-22(19-35)31-32-34/h2-4,13-16,25,30,35H,5-12,17-19H2,1H3. The van der Waals surface area contributed by atoms with Crippen LogP contribution in [0.2, 0.25) is 10.0 Å². The van der Waals surface area contributed by atoms with E-state index >= 15 is 0 Å². The minimum atomic E-state index is -0.110. The topological polar surface area (TPSA) is 93.9 Å². The van der Waals surface area contributed by atoms with Crippen molar-refractivity contribution < 1.29 is 19.3 Å². The van der Waals surface area contributed by atoms with Crippen LogP contribution in [-0.2, 0) is 33.9 Å². The second kappa shape index (κ2) is 15.9. The molecule has 2 aromatic carbocycles. The lowest BCUT2D eigenvalue weighted by Gasteiger charge is -2.33. The van der Waals surface area contributed by atoms with E-state index in [1.165, 1.54) is 11.1 Å². The fourth-order valence-corrected chi connectivity index (χ4v) is 5.66. The average molecular weight is 597 g/mol. The number of aliphatic hydroxyl groups is 1. The monoisotopic (exact) mass is 595 g/mol. The minimum absolute atomic E-state index is 0.110. The quantitative estimate of drug-likeness (QED) is 0.188. The molecule has 2 N–H and O–H groups in total. The molecular formula is C27H35Cl2N5O4S. The maximum absolute atomic E-state index is 8.98. The molecule has 0 saturated heterocycles. The fourth-order valence-electron chi connectivity index (χ4n) is 4.39. The number of halogens is 2. The van der Waals surface area contributed by atoms with Gasteiger partial charge in [0.15, 0.2) is 0 Å². The highest BCUT2D eigenvalue weighted by Gasteiger charge is 2.27. The molecule has 4 rings (SSSR count). The Kier molecular flexibility index (Phi) is 12.3. The zero-order valence-electron chi connectivity index (χ0n) is 22.0. The van der Waals surface area contributed by atoms with Gasteiger partial charge in [0, 0.05) is 40.5 Å². The summed E-state index contributed by atoms with van der Waals surface area (Å²) >= 11 is 14.5. The van der Waals surface area contributed by atoms with Gasteiger partial charge in [0.2, 0.25) is 0 Å². The molecule has 12 heteroatoms. The normalized spacial score (nSPS) is 15.5. The molecule has 0 radical (unpaired) electrons. The number of fused-ring (bicyclic) bond motifs is 1. The summed E-state index contributed by atoms with van der Waals surface area (Å²) in [7, 11) is 2.12. The third kappa shape index (κ3) is 9.41. The molecule has 1 unspecified atom stereocenters. The van der Waals surface area contributed by atoms with Crippen LogP contribution in [0.1, 0.15) is 28.3 Å². The van der Waals surface area contributed by atoms with Crippen molar-refractivity contribution in [3.63, 3.8) is 0 Å². The Bertz CT molecular complexity index is 1180. The molecule has 0 aliphatic carbocycles. The summed E-state index contributed by atoms with van der Waals surface area (Å²) in [5, 5.41) is 18.1. The molecule has 3 aromatic rings. The van der Waals surface area contributed by atoms with E-state index in [0.717, 1.165) is 35.1 Å². The molecule has 1 aliphatic heterocycles. The highest BCUT2D eigenvalue weighted by molar-refractivity contribution is 7.97. The zero-order chi connectivity index (χ0) is 27.5. The summed E-state index contributed by atoms with van der Waals surface area (Å²) < 4.78 is 21.7. The van der Waals surface area contributed by atoms with Crippen molar-refractivity contribution in [1.82, 2.24) is 24.6 Å². The van der Waals surface area contributed by atoms with E-state index in [2.05, 4.69) is 57.3 Å². The van der Waals surface area contributed by atoms with Gasteiger partial charge < -0.3 is 24.2 Å². The zero-order valence-corrected chi connectivity index (χ0v) is 24.4. The number of likely N-dealkylation sites (N-methyl/N-ethyl adjacent to an activating group) is 1. The average Bonchev–Trinajstić information content (AvgIpc) is 3.39. The molecule has 1 atom stereocenters. The molecule has 9 nitrogen and oxygen atoms in total.